The van der Waals surface area contributed by atoms with Crippen molar-refractivity contribution in [1.82, 2.24) is 20.2 Å². The van der Waals surface area contributed by atoms with Crippen molar-refractivity contribution in [3.8, 4) is 0 Å². The van der Waals surface area contributed by atoms with Crippen LogP contribution in [0.3, 0.4) is 0 Å². The van der Waals surface area contributed by atoms with Crippen molar-refractivity contribution in [3.05, 3.63) is 5.82 Å². The maximum atomic E-state index is 6.04. The molecule has 1 aromatic rings. The van der Waals surface area contributed by atoms with Crippen LogP contribution in [0.1, 0.15) is 25.6 Å². The van der Waals surface area contributed by atoms with Crippen LogP contribution in [0.4, 0.5) is 0 Å². The number of hydrogen-bond donors (Lipinski definition) is 0. The quantitative estimate of drug-likeness (QED) is 0.667. The van der Waals surface area contributed by atoms with Gasteiger partial charge in [-0.05, 0) is 16.8 Å². The molecule has 68 valence electrons. The van der Waals surface area contributed by atoms with E-state index in [1.165, 1.54) is 0 Å². The molecule has 12 heavy (non-hydrogen) atoms. The molecule has 1 rings (SSSR count). The van der Waals surface area contributed by atoms with Crippen LogP contribution in [0.5, 0.6) is 0 Å². The lowest BCUT2D eigenvalue weighted by atomic mass is 10.2. The number of alkyl halides is 1. The van der Waals surface area contributed by atoms with Crippen molar-refractivity contribution < 1.29 is 0 Å². The van der Waals surface area contributed by atoms with Crippen LogP contribution in [-0.2, 0) is 13.5 Å². The maximum Gasteiger partial charge on any atom is 0.152 e. The molecule has 0 saturated carbocycles. The Balaban J connectivity index is 2.46. The van der Waals surface area contributed by atoms with Gasteiger partial charge in [-0.25, -0.2) is 4.68 Å². The minimum absolute atomic E-state index is 0.152. The SMILES string of the molecule is CCCC(Cl)Cc1nnnn1C. The zero-order chi connectivity index (χ0) is 8.97. The third kappa shape index (κ3) is 2.44. The van der Waals surface area contributed by atoms with E-state index in [9.17, 15) is 0 Å². The van der Waals surface area contributed by atoms with Gasteiger partial charge >= 0.3 is 0 Å². The summed E-state index contributed by atoms with van der Waals surface area (Å²) < 4.78 is 1.66. The Labute approximate surface area is 76.9 Å². The number of rotatable bonds is 4. The Kier molecular flexibility index (Phi) is 3.47. The molecule has 0 spiro atoms. The highest BCUT2D eigenvalue weighted by Crippen LogP contribution is 2.09. The van der Waals surface area contributed by atoms with Crippen LogP contribution >= 0.6 is 11.6 Å². The Hall–Kier alpha value is -0.640. The monoisotopic (exact) mass is 188 g/mol. The number of halogens is 1. The van der Waals surface area contributed by atoms with E-state index < -0.39 is 0 Å². The largest absolute Gasteiger partial charge is 0.233 e. The second kappa shape index (κ2) is 4.40. The van der Waals surface area contributed by atoms with Gasteiger partial charge in [-0.1, -0.05) is 13.3 Å². The first-order valence-corrected chi connectivity index (χ1v) is 4.53. The Bertz CT molecular complexity index is 235. The van der Waals surface area contributed by atoms with Crippen molar-refractivity contribution in [2.45, 2.75) is 31.6 Å². The lowest BCUT2D eigenvalue weighted by Gasteiger charge is -2.04. The molecule has 0 amide bonds. The number of aryl methyl sites for hydroxylation is 1. The summed E-state index contributed by atoms with van der Waals surface area (Å²) in [7, 11) is 1.82. The molecule has 0 aliphatic carbocycles. The van der Waals surface area contributed by atoms with Crippen molar-refractivity contribution in [2.75, 3.05) is 0 Å². The molecule has 1 atom stereocenters. The van der Waals surface area contributed by atoms with Crippen molar-refractivity contribution in [1.29, 1.82) is 0 Å². The van der Waals surface area contributed by atoms with Crippen LogP contribution in [0.25, 0.3) is 0 Å². The first kappa shape index (κ1) is 9.45. The van der Waals surface area contributed by atoms with Crippen molar-refractivity contribution in [3.63, 3.8) is 0 Å². The highest BCUT2D eigenvalue weighted by Gasteiger charge is 2.09. The van der Waals surface area contributed by atoms with E-state index in [2.05, 4.69) is 22.4 Å². The molecule has 0 bridgehead atoms. The van der Waals surface area contributed by atoms with Crippen LogP contribution < -0.4 is 0 Å². The summed E-state index contributed by atoms with van der Waals surface area (Å²) in [6.45, 7) is 2.12. The van der Waals surface area contributed by atoms with Gasteiger partial charge in [-0.3, -0.25) is 0 Å². The van der Waals surface area contributed by atoms with Gasteiger partial charge in [0, 0.05) is 18.8 Å². The topological polar surface area (TPSA) is 43.6 Å². The summed E-state index contributed by atoms with van der Waals surface area (Å²) in [4.78, 5) is 0. The van der Waals surface area contributed by atoms with Crippen LogP contribution in [0.15, 0.2) is 0 Å². The lowest BCUT2D eigenvalue weighted by molar-refractivity contribution is 0.641. The molecule has 1 heterocycles. The van der Waals surface area contributed by atoms with Crippen LogP contribution in [0, 0.1) is 0 Å². The molecular weight excluding hydrogens is 176 g/mol. The fourth-order valence-corrected chi connectivity index (χ4v) is 1.39. The molecule has 1 aromatic heterocycles. The van der Waals surface area contributed by atoms with E-state index in [0.717, 1.165) is 25.1 Å². The van der Waals surface area contributed by atoms with Gasteiger partial charge in [-0.15, -0.1) is 16.7 Å². The summed E-state index contributed by atoms with van der Waals surface area (Å²) in [5.41, 5.74) is 0. The summed E-state index contributed by atoms with van der Waals surface area (Å²) in [5, 5.41) is 11.3. The second-order valence-corrected chi connectivity index (χ2v) is 3.43. The molecule has 0 radical (unpaired) electrons. The van der Waals surface area contributed by atoms with Gasteiger partial charge in [0.1, 0.15) is 0 Å². The summed E-state index contributed by atoms with van der Waals surface area (Å²) in [6.07, 6.45) is 2.85. The molecular formula is C7H13ClN4. The summed E-state index contributed by atoms with van der Waals surface area (Å²) in [5.74, 6) is 0.850. The Morgan fingerprint density at radius 1 is 1.58 bits per heavy atom. The predicted molar refractivity (Wildman–Crippen MR) is 47.1 cm³/mol. The third-order valence-corrected chi connectivity index (χ3v) is 2.09. The first-order valence-electron chi connectivity index (χ1n) is 4.09. The van der Waals surface area contributed by atoms with Gasteiger partial charge < -0.3 is 0 Å². The predicted octanol–water partition coefficient (Wildman–Crippen LogP) is 1.16. The average Bonchev–Trinajstić information content (AvgIpc) is 2.37. The molecule has 0 fully saturated rings. The van der Waals surface area contributed by atoms with Crippen LogP contribution in [0.2, 0.25) is 0 Å². The first-order chi connectivity index (χ1) is 5.74. The molecule has 5 heteroatoms. The fourth-order valence-electron chi connectivity index (χ4n) is 1.03. The average molecular weight is 189 g/mol. The molecule has 0 aliphatic heterocycles. The normalized spacial score (nSPS) is 13.2. The van der Waals surface area contributed by atoms with E-state index in [4.69, 9.17) is 11.6 Å². The van der Waals surface area contributed by atoms with Gasteiger partial charge in [-0.2, -0.15) is 0 Å². The van der Waals surface area contributed by atoms with Gasteiger partial charge in [0.2, 0.25) is 0 Å². The standard InChI is InChI=1S/C7H13ClN4/c1-3-4-6(8)5-7-9-10-11-12(7)2/h6H,3-5H2,1-2H3. The molecule has 0 aliphatic rings. The van der Waals surface area contributed by atoms with E-state index >= 15 is 0 Å². The van der Waals surface area contributed by atoms with E-state index in [-0.39, 0.29) is 5.38 Å². The van der Waals surface area contributed by atoms with Crippen molar-refractivity contribution in [2.24, 2.45) is 7.05 Å². The van der Waals surface area contributed by atoms with Crippen LogP contribution in [-0.4, -0.2) is 25.6 Å². The smallest absolute Gasteiger partial charge is 0.152 e. The van der Waals surface area contributed by atoms with Gasteiger partial charge in [0.25, 0.3) is 0 Å². The van der Waals surface area contributed by atoms with E-state index in [1.54, 1.807) is 4.68 Å². The van der Waals surface area contributed by atoms with E-state index in [0.29, 0.717) is 0 Å². The fraction of sp³-hybridized carbons (Fsp3) is 0.857. The summed E-state index contributed by atoms with van der Waals surface area (Å²) >= 11 is 6.04. The molecule has 1 unspecified atom stereocenters. The lowest BCUT2D eigenvalue weighted by Crippen LogP contribution is -2.08. The number of aromatic nitrogens is 4. The molecule has 0 N–H and O–H groups in total. The van der Waals surface area contributed by atoms with Crippen molar-refractivity contribution >= 4 is 11.6 Å². The minimum atomic E-state index is 0.152. The number of tetrazole rings is 1. The molecule has 4 nitrogen and oxygen atoms in total. The van der Waals surface area contributed by atoms with Gasteiger partial charge in [0.15, 0.2) is 5.82 Å². The molecule has 0 aromatic carbocycles. The maximum absolute atomic E-state index is 6.04. The number of hydrogen-bond acceptors (Lipinski definition) is 3. The highest BCUT2D eigenvalue weighted by molar-refractivity contribution is 6.20. The zero-order valence-electron chi connectivity index (χ0n) is 7.37. The number of nitrogens with zero attached hydrogens (tertiary/aromatic N) is 4. The Morgan fingerprint density at radius 3 is 2.83 bits per heavy atom. The highest BCUT2D eigenvalue weighted by atomic mass is 35.5. The third-order valence-electron chi connectivity index (χ3n) is 1.71. The summed E-state index contributed by atoms with van der Waals surface area (Å²) in [6, 6.07) is 0. The zero-order valence-corrected chi connectivity index (χ0v) is 8.12. The minimum Gasteiger partial charge on any atom is -0.233 e. The Morgan fingerprint density at radius 2 is 2.33 bits per heavy atom. The van der Waals surface area contributed by atoms with Gasteiger partial charge in [0.05, 0.1) is 0 Å². The second-order valence-electron chi connectivity index (χ2n) is 2.81. The van der Waals surface area contributed by atoms with E-state index in [1.807, 2.05) is 7.05 Å². The molecule has 0 saturated heterocycles.